The molecule has 5 nitrogen and oxygen atoms in total. The zero-order chi connectivity index (χ0) is 13.2. The van der Waals surface area contributed by atoms with Gasteiger partial charge in [0.25, 0.3) is 10.1 Å². The zero-order valence-electron chi connectivity index (χ0n) is 9.59. The summed E-state index contributed by atoms with van der Waals surface area (Å²) in [6.45, 7) is -0.0359. The molecule has 0 saturated carbocycles. The molecule has 0 amide bonds. The summed E-state index contributed by atoms with van der Waals surface area (Å²) in [6, 6.07) is 7.68. The van der Waals surface area contributed by atoms with Gasteiger partial charge in [-0.15, -0.1) is 0 Å². The lowest BCUT2D eigenvalue weighted by atomic mass is 10.1. The second-order valence-corrected chi connectivity index (χ2v) is 6.39. The monoisotopic (exact) mass is 333 g/mol. The molecule has 0 bridgehead atoms. The normalized spacial score (nSPS) is 19.4. The number of hydroxylamine groups is 1. The van der Waals surface area contributed by atoms with Gasteiger partial charge in [0.2, 0.25) is 0 Å². The summed E-state index contributed by atoms with van der Waals surface area (Å²) >= 11 is 3.35. The second kappa shape index (κ2) is 5.40. The smallest absolute Gasteiger partial charge is 0.264 e. The van der Waals surface area contributed by atoms with Crippen LogP contribution < -0.4 is 5.48 Å². The molecule has 1 N–H and O–H groups in total. The first-order valence-corrected chi connectivity index (χ1v) is 7.79. The third kappa shape index (κ3) is 3.81. The summed E-state index contributed by atoms with van der Waals surface area (Å²) in [4.78, 5) is 5.20. The van der Waals surface area contributed by atoms with Crippen molar-refractivity contribution in [2.75, 3.05) is 12.9 Å². The molecule has 1 aromatic rings. The van der Waals surface area contributed by atoms with Crippen molar-refractivity contribution < 1.29 is 17.4 Å². The van der Waals surface area contributed by atoms with Crippen molar-refractivity contribution in [2.24, 2.45) is 0 Å². The Morgan fingerprint density at radius 3 is 2.67 bits per heavy atom. The van der Waals surface area contributed by atoms with Crippen LogP contribution in [0, 0.1) is 0 Å². The van der Waals surface area contributed by atoms with Gasteiger partial charge in [-0.1, -0.05) is 28.1 Å². The number of hydrogen-bond donors (Lipinski definition) is 1. The van der Waals surface area contributed by atoms with Crippen molar-refractivity contribution in [2.45, 2.75) is 6.10 Å². The van der Waals surface area contributed by atoms with Crippen molar-refractivity contribution in [3.63, 3.8) is 0 Å². The molecule has 0 fully saturated rings. The topological polar surface area (TPSA) is 64.6 Å². The Balaban J connectivity index is 2.02. The van der Waals surface area contributed by atoms with E-state index in [4.69, 9.17) is 4.84 Å². The highest BCUT2D eigenvalue weighted by molar-refractivity contribution is 9.10. The Morgan fingerprint density at radius 1 is 1.39 bits per heavy atom. The zero-order valence-corrected chi connectivity index (χ0v) is 12.0. The highest BCUT2D eigenvalue weighted by Gasteiger charge is 2.19. The molecule has 0 saturated heterocycles. The lowest BCUT2D eigenvalue weighted by molar-refractivity contribution is 0.0252. The van der Waals surface area contributed by atoms with E-state index in [9.17, 15) is 8.42 Å². The second-order valence-electron chi connectivity index (χ2n) is 3.83. The Morgan fingerprint density at radius 2 is 2.06 bits per heavy atom. The summed E-state index contributed by atoms with van der Waals surface area (Å²) in [7, 11) is -3.44. The van der Waals surface area contributed by atoms with Gasteiger partial charge in [0.05, 0.1) is 18.6 Å². The average molecular weight is 334 g/mol. The largest absolute Gasteiger partial charge is 0.267 e. The standard InChI is InChI=1S/C11H12BrNO4S/c1-18(14,15)16-7-10-6-11(13-17-10)8-2-4-9(12)5-3-8/h2-6,10,13H,7H2,1H3. The van der Waals surface area contributed by atoms with Crippen LogP contribution >= 0.6 is 15.9 Å². The van der Waals surface area contributed by atoms with Gasteiger partial charge in [-0.2, -0.15) is 8.42 Å². The molecular weight excluding hydrogens is 322 g/mol. The molecule has 1 aliphatic rings. The van der Waals surface area contributed by atoms with Crippen LogP contribution in [0.4, 0.5) is 0 Å². The van der Waals surface area contributed by atoms with Crippen molar-refractivity contribution in [3.8, 4) is 0 Å². The average Bonchev–Trinajstić information content (AvgIpc) is 2.75. The first-order chi connectivity index (χ1) is 8.44. The summed E-state index contributed by atoms with van der Waals surface area (Å²) in [5.74, 6) is 0. The fourth-order valence-corrected chi connectivity index (χ4v) is 2.10. The van der Waals surface area contributed by atoms with Crippen LogP contribution in [-0.2, 0) is 19.1 Å². The van der Waals surface area contributed by atoms with Crippen LogP contribution in [0.2, 0.25) is 0 Å². The van der Waals surface area contributed by atoms with Gasteiger partial charge < -0.3 is 0 Å². The molecule has 18 heavy (non-hydrogen) atoms. The van der Waals surface area contributed by atoms with Crippen molar-refractivity contribution in [1.82, 2.24) is 5.48 Å². The highest BCUT2D eigenvalue weighted by Crippen LogP contribution is 2.20. The van der Waals surface area contributed by atoms with E-state index in [-0.39, 0.29) is 6.61 Å². The fourth-order valence-electron chi connectivity index (χ4n) is 1.45. The number of nitrogens with one attached hydrogen (secondary N) is 1. The summed E-state index contributed by atoms with van der Waals surface area (Å²) in [6.07, 6.45) is 2.38. The van der Waals surface area contributed by atoms with Gasteiger partial charge in [0.15, 0.2) is 0 Å². The maximum Gasteiger partial charge on any atom is 0.264 e. The first-order valence-electron chi connectivity index (χ1n) is 5.18. The summed E-state index contributed by atoms with van der Waals surface area (Å²) < 4.78 is 27.4. The van der Waals surface area contributed by atoms with Crippen LogP contribution in [0.3, 0.4) is 0 Å². The van der Waals surface area contributed by atoms with Gasteiger partial charge >= 0.3 is 0 Å². The Kier molecular flexibility index (Phi) is 4.06. The molecule has 1 unspecified atom stereocenters. The lowest BCUT2D eigenvalue weighted by Crippen LogP contribution is -2.19. The van der Waals surface area contributed by atoms with E-state index in [1.165, 1.54) is 0 Å². The highest BCUT2D eigenvalue weighted by atomic mass is 79.9. The molecule has 0 aliphatic carbocycles. The number of benzene rings is 1. The van der Waals surface area contributed by atoms with E-state index in [2.05, 4.69) is 25.6 Å². The maximum absolute atomic E-state index is 10.9. The molecule has 1 aliphatic heterocycles. The molecular formula is C11H12BrNO4S. The van der Waals surface area contributed by atoms with Gasteiger partial charge in [0, 0.05) is 4.47 Å². The quantitative estimate of drug-likeness (QED) is 0.849. The molecule has 7 heteroatoms. The van der Waals surface area contributed by atoms with Crippen LogP contribution in [-0.4, -0.2) is 27.4 Å². The van der Waals surface area contributed by atoms with Gasteiger partial charge in [-0.05, 0) is 23.8 Å². The predicted molar refractivity (Wildman–Crippen MR) is 70.9 cm³/mol. The third-order valence-electron chi connectivity index (χ3n) is 2.27. The molecule has 0 radical (unpaired) electrons. The van der Waals surface area contributed by atoms with Gasteiger partial charge in [-0.3, -0.25) is 14.5 Å². The van der Waals surface area contributed by atoms with Crippen LogP contribution in [0.25, 0.3) is 5.70 Å². The number of hydrogen-bond acceptors (Lipinski definition) is 5. The number of halogens is 1. The van der Waals surface area contributed by atoms with Crippen LogP contribution in [0.1, 0.15) is 5.56 Å². The summed E-state index contributed by atoms with van der Waals surface area (Å²) in [5.41, 5.74) is 4.50. The molecule has 2 rings (SSSR count). The Labute approximate surface area is 114 Å². The van der Waals surface area contributed by atoms with Crippen LogP contribution in [0.15, 0.2) is 34.8 Å². The van der Waals surface area contributed by atoms with E-state index >= 15 is 0 Å². The molecule has 0 spiro atoms. The summed E-state index contributed by atoms with van der Waals surface area (Å²) in [5, 5.41) is 0. The van der Waals surface area contributed by atoms with E-state index in [0.717, 1.165) is 22.0 Å². The SMILES string of the molecule is CS(=O)(=O)OCC1C=C(c2ccc(Br)cc2)NO1. The van der Waals surface area contributed by atoms with Crippen molar-refractivity contribution in [3.05, 3.63) is 40.4 Å². The molecule has 98 valence electrons. The predicted octanol–water partition coefficient (Wildman–Crippen LogP) is 1.67. The van der Waals surface area contributed by atoms with Crippen molar-refractivity contribution >= 4 is 31.7 Å². The van der Waals surface area contributed by atoms with Crippen LogP contribution in [0.5, 0.6) is 0 Å². The third-order valence-corrected chi connectivity index (χ3v) is 3.37. The lowest BCUT2D eigenvalue weighted by Gasteiger charge is -2.06. The minimum Gasteiger partial charge on any atom is -0.267 e. The fraction of sp³-hybridized carbons (Fsp3) is 0.273. The molecule has 1 heterocycles. The van der Waals surface area contributed by atoms with E-state index in [1.54, 1.807) is 6.08 Å². The Hall–Kier alpha value is -0.890. The van der Waals surface area contributed by atoms with E-state index in [1.807, 2.05) is 24.3 Å². The minimum absolute atomic E-state index is 0.0359. The Bertz CT molecular complexity index is 553. The number of rotatable bonds is 4. The first kappa shape index (κ1) is 13.5. The van der Waals surface area contributed by atoms with Gasteiger partial charge in [0.1, 0.15) is 6.10 Å². The molecule has 1 aromatic carbocycles. The minimum atomic E-state index is -3.44. The van der Waals surface area contributed by atoms with Crippen molar-refractivity contribution in [1.29, 1.82) is 0 Å². The van der Waals surface area contributed by atoms with Gasteiger partial charge in [-0.25, -0.2) is 0 Å². The molecule has 1 atom stereocenters. The maximum atomic E-state index is 10.9. The van der Waals surface area contributed by atoms with E-state index < -0.39 is 16.2 Å². The molecule has 0 aromatic heterocycles. The van der Waals surface area contributed by atoms with E-state index in [0.29, 0.717) is 0 Å².